The number of carbonyl (C=O) groups excluding carboxylic acids is 1. The normalized spacial score (nSPS) is 10.6. The van der Waals surface area contributed by atoms with Gasteiger partial charge in [0.05, 0.1) is 0 Å². The second kappa shape index (κ2) is 8.73. The first kappa shape index (κ1) is 20.3. The summed E-state index contributed by atoms with van der Waals surface area (Å²) in [5.74, 6) is 0.0574. The van der Waals surface area contributed by atoms with Gasteiger partial charge in [-0.15, -0.1) is 0 Å². The quantitative estimate of drug-likeness (QED) is 0.664. The van der Waals surface area contributed by atoms with Crippen LogP contribution < -0.4 is 16.2 Å². The van der Waals surface area contributed by atoms with Crippen LogP contribution in [0.3, 0.4) is 0 Å². The molecule has 2 aromatic carbocycles. The van der Waals surface area contributed by atoms with E-state index in [-0.39, 0.29) is 18.0 Å². The molecule has 0 saturated carbocycles. The van der Waals surface area contributed by atoms with Crippen molar-refractivity contribution in [3.63, 3.8) is 0 Å². The number of hydrogen-bond donors (Lipinski definition) is 2. The van der Waals surface area contributed by atoms with Crippen molar-refractivity contribution in [2.24, 2.45) is 0 Å². The van der Waals surface area contributed by atoms with Gasteiger partial charge in [-0.25, -0.2) is 4.98 Å². The van der Waals surface area contributed by atoms with Crippen LogP contribution in [-0.4, -0.2) is 15.5 Å². The molecule has 6 nitrogen and oxygen atoms in total. The molecule has 0 aliphatic carbocycles. The van der Waals surface area contributed by atoms with Crippen molar-refractivity contribution < 1.29 is 4.79 Å². The van der Waals surface area contributed by atoms with Crippen LogP contribution in [0.4, 0.5) is 17.3 Å². The molecule has 0 fully saturated rings. The van der Waals surface area contributed by atoms with Crippen LogP contribution in [0.5, 0.6) is 0 Å². The predicted molar refractivity (Wildman–Crippen MR) is 117 cm³/mol. The van der Waals surface area contributed by atoms with E-state index in [0.717, 1.165) is 23.2 Å². The number of nitrogens with one attached hydrogen (secondary N) is 2. The van der Waals surface area contributed by atoms with Gasteiger partial charge in [-0.3, -0.25) is 14.2 Å². The maximum absolute atomic E-state index is 12.6. The Balaban J connectivity index is 1.84. The maximum Gasteiger partial charge on any atom is 0.255 e. The Kier molecular flexibility index (Phi) is 6.12. The molecule has 29 heavy (non-hydrogen) atoms. The molecule has 3 rings (SSSR count). The van der Waals surface area contributed by atoms with Crippen molar-refractivity contribution >= 4 is 23.2 Å². The zero-order valence-corrected chi connectivity index (χ0v) is 17.2. The van der Waals surface area contributed by atoms with E-state index in [2.05, 4.69) is 28.6 Å². The largest absolute Gasteiger partial charge is 0.325 e. The van der Waals surface area contributed by atoms with Crippen molar-refractivity contribution in [3.8, 4) is 0 Å². The maximum atomic E-state index is 12.6. The van der Waals surface area contributed by atoms with Crippen LogP contribution in [0.1, 0.15) is 29.3 Å². The van der Waals surface area contributed by atoms with Crippen LogP contribution >= 0.6 is 0 Å². The summed E-state index contributed by atoms with van der Waals surface area (Å²) in [4.78, 5) is 29.6. The fraction of sp³-hybridized carbons (Fsp3) is 0.261. The molecule has 0 unspecified atom stereocenters. The minimum absolute atomic E-state index is 0.130. The summed E-state index contributed by atoms with van der Waals surface area (Å²) in [6.45, 7) is 7.72. The summed E-state index contributed by atoms with van der Waals surface area (Å²) in [6.07, 6.45) is 0.937. The van der Waals surface area contributed by atoms with E-state index in [0.29, 0.717) is 17.3 Å². The topological polar surface area (TPSA) is 76.0 Å². The van der Waals surface area contributed by atoms with Crippen molar-refractivity contribution in [1.82, 2.24) is 9.55 Å². The fourth-order valence-corrected chi connectivity index (χ4v) is 3.21. The van der Waals surface area contributed by atoms with E-state index in [4.69, 9.17) is 0 Å². The molecule has 0 aliphatic heterocycles. The monoisotopic (exact) mass is 390 g/mol. The van der Waals surface area contributed by atoms with Crippen LogP contribution in [0.15, 0.2) is 53.3 Å². The second-order valence-electron chi connectivity index (χ2n) is 7.25. The molecular formula is C23H26N4O2. The highest BCUT2D eigenvalue weighted by atomic mass is 16.2. The Morgan fingerprint density at radius 1 is 0.966 bits per heavy atom. The van der Waals surface area contributed by atoms with E-state index in [1.807, 2.05) is 50.2 Å². The lowest BCUT2D eigenvalue weighted by molar-refractivity contribution is -0.116. The van der Waals surface area contributed by atoms with Gasteiger partial charge < -0.3 is 10.6 Å². The van der Waals surface area contributed by atoms with Gasteiger partial charge in [-0.2, -0.15) is 0 Å². The van der Waals surface area contributed by atoms with Crippen LogP contribution in [0, 0.1) is 20.8 Å². The number of benzene rings is 2. The SMILES string of the molecule is CCc1ccc(NC(=O)Cn2c(Nc3cc(C)cc(C)c3)nc(C)cc2=O)cc1. The van der Waals surface area contributed by atoms with Gasteiger partial charge in [0.25, 0.3) is 5.56 Å². The van der Waals surface area contributed by atoms with Crippen LogP contribution in [0.2, 0.25) is 0 Å². The van der Waals surface area contributed by atoms with E-state index < -0.39 is 0 Å². The molecule has 1 amide bonds. The number of anilines is 3. The minimum Gasteiger partial charge on any atom is -0.325 e. The average Bonchev–Trinajstić information content (AvgIpc) is 2.64. The molecule has 2 N–H and O–H groups in total. The van der Waals surface area contributed by atoms with Gasteiger partial charge in [0.15, 0.2) is 0 Å². The van der Waals surface area contributed by atoms with Gasteiger partial charge in [0.2, 0.25) is 11.9 Å². The molecule has 0 saturated heterocycles. The zero-order chi connectivity index (χ0) is 21.0. The van der Waals surface area contributed by atoms with Gasteiger partial charge in [0.1, 0.15) is 6.54 Å². The third-order valence-electron chi connectivity index (χ3n) is 4.56. The summed E-state index contributed by atoms with van der Waals surface area (Å²) in [5, 5.41) is 6.03. The molecule has 0 bridgehead atoms. The molecule has 0 aliphatic rings. The van der Waals surface area contributed by atoms with Crippen molar-refractivity contribution in [1.29, 1.82) is 0 Å². The lowest BCUT2D eigenvalue weighted by atomic mass is 10.1. The zero-order valence-electron chi connectivity index (χ0n) is 17.2. The van der Waals surface area contributed by atoms with Crippen molar-refractivity contribution in [2.45, 2.75) is 40.7 Å². The highest BCUT2D eigenvalue weighted by Crippen LogP contribution is 2.18. The van der Waals surface area contributed by atoms with Gasteiger partial charge in [-0.1, -0.05) is 25.1 Å². The van der Waals surface area contributed by atoms with Crippen LogP contribution in [-0.2, 0) is 17.8 Å². The van der Waals surface area contributed by atoms with E-state index in [1.54, 1.807) is 6.92 Å². The number of rotatable bonds is 6. The molecule has 0 atom stereocenters. The Bertz CT molecular complexity index is 1060. The molecular weight excluding hydrogens is 364 g/mol. The van der Waals surface area contributed by atoms with E-state index >= 15 is 0 Å². The third kappa shape index (κ3) is 5.31. The minimum atomic E-state index is -0.287. The van der Waals surface area contributed by atoms with Crippen molar-refractivity contribution in [3.05, 3.63) is 81.3 Å². The van der Waals surface area contributed by atoms with Gasteiger partial charge >= 0.3 is 0 Å². The first-order chi connectivity index (χ1) is 13.8. The lowest BCUT2D eigenvalue weighted by Crippen LogP contribution is -2.30. The Hall–Kier alpha value is -3.41. The lowest BCUT2D eigenvalue weighted by Gasteiger charge is -2.15. The predicted octanol–water partition coefficient (Wildman–Crippen LogP) is 4.11. The third-order valence-corrected chi connectivity index (χ3v) is 4.56. The average molecular weight is 390 g/mol. The molecule has 0 spiro atoms. The first-order valence-corrected chi connectivity index (χ1v) is 9.66. The fourth-order valence-electron chi connectivity index (χ4n) is 3.21. The highest BCUT2D eigenvalue weighted by molar-refractivity contribution is 5.90. The number of amides is 1. The molecule has 1 heterocycles. The number of aryl methyl sites for hydroxylation is 4. The van der Waals surface area contributed by atoms with E-state index in [9.17, 15) is 9.59 Å². The summed E-state index contributed by atoms with van der Waals surface area (Å²) in [7, 11) is 0. The summed E-state index contributed by atoms with van der Waals surface area (Å²) < 4.78 is 1.35. The standard InChI is InChI=1S/C23H26N4O2/c1-5-18-6-8-19(9-7-18)25-21(28)14-27-22(29)13-17(4)24-23(27)26-20-11-15(2)10-16(3)12-20/h6-13H,5,14H2,1-4H3,(H,24,26)(H,25,28). The molecule has 6 heteroatoms. The Morgan fingerprint density at radius 2 is 1.62 bits per heavy atom. The summed E-state index contributed by atoms with van der Waals surface area (Å²) in [5.41, 5.74) is 5.23. The van der Waals surface area contributed by atoms with Crippen LogP contribution in [0.25, 0.3) is 0 Å². The molecule has 0 radical (unpaired) electrons. The smallest absolute Gasteiger partial charge is 0.255 e. The van der Waals surface area contributed by atoms with E-state index in [1.165, 1.54) is 16.2 Å². The number of nitrogens with zero attached hydrogens (tertiary/aromatic N) is 2. The number of aromatic nitrogens is 2. The summed E-state index contributed by atoms with van der Waals surface area (Å²) >= 11 is 0. The number of carbonyl (C=O) groups is 1. The molecule has 1 aromatic heterocycles. The van der Waals surface area contributed by atoms with Crippen molar-refractivity contribution in [2.75, 3.05) is 10.6 Å². The molecule has 150 valence electrons. The first-order valence-electron chi connectivity index (χ1n) is 9.66. The molecule has 3 aromatic rings. The Morgan fingerprint density at radius 3 is 2.24 bits per heavy atom. The van der Waals surface area contributed by atoms with Gasteiger partial charge in [0, 0.05) is 23.1 Å². The summed E-state index contributed by atoms with van der Waals surface area (Å²) in [6, 6.07) is 15.1. The Labute approximate surface area is 170 Å². The van der Waals surface area contributed by atoms with Gasteiger partial charge in [-0.05, 0) is 68.1 Å². The number of hydrogen-bond acceptors (Lipinski definition) is 4. The second-order valence-corrected chi connectivity index (χ2v) is 7.25. The highest BCUT2D eigenvalue weighted by Gasteiger charge is 2.12.